The first-order valence-corrected chi connectivity index (χ1v) is 8.24. The van der Waals surface area contributed by atoms with E-state index >= 15 is 0 Å². The van der Waals surface area contributed by atoms with Crippen LogP contribution in [-0.2, 0) is 9.47 Å². The average Bonchev–Trinajstić information content (AvgIpc) is 2.65. The summed E-state index contributed by atoms with van der Waals surface area (Å²) in [5.74, 6) is 0.611. The van der Waals surface area contributed by atoms with Gasteiger partial charge in [-0.25, -0.2) is 15.0 Å². The van der Waals surface area contributed by atoms with Gasteiger partial charge in [0, 0.05) is 9.13 Å². The molecule has 2 aromatic carbocycles. The molecule has 2 rings (SSSR count). The van der Waals surface area contributed by atoms with E-state index in [1.54, 1.807) is 25.3 Å². The molecule has 132 valence electrons. The molecule has 0 saturated heterocycles. The number of rotatable bonds is 3. The largest absolute Gasteiger partial charge is 0.497 e. The van der Waals surface area contributed by atoms with Crippen molar-refractivity contribution in [2.45, 2.75) is 0 Å². The SMILES string of the molecule is COC(=O)NN(C(=O)OC)c1ccc(OC)cc1-c1ccc(I)cc1. The zero-order chi connectivity index (χ0) is 18.4. The zero-order valence-corrected chi connectivity index (χ0v) is 16.1. The predicted molar refractivity (Wildman–Crippen MR) is 102 cm³/mol. The van der Waals surface area contributed by atoms with Gasteiger partial charge in [-0.2, -0.15) is 5.01 Å². The Balaban J connectivity index is 2.58. The van der Waals surface area contributed by atoms with Crippen molar-refractivity contribution < 1.29 is 23.8 Å². The summed E-state index contributed by atoms with van der Waals surface area (Å²) in [6, 6.07) is 12.8. The molecule has 8 heteroatoms. The Kier molecular flexibility index (Phi) is 6.45. The number of amides is 2. The van der Waals surface area contributed by atoms with Crippen LogP contribution in [0.5, 0.6) is 5.75 Å². The number of hydrazine groups is 1. The standard InChI is InChI=1S/C17H17IN2O5/c1-23-13-8-9-15(20(17(22)25-3)19-16(21)24-2)14(10-13)11-4-6-12(18)7-5-11/h4-10H,1-3H3,(H,19,21). The number of carbonyl (C=O) groups is 2. The van der Waals surface area contributed by atoms with Crippen LogP contribution in [-0.4, -0.2) is 33.5 Å². The van der Waals surface area contributed by atoms with Gasteiger partial charge in [-0.1, -0.05) is 12.1 Å². The molecule has 0 unspecified atom stereocenters. The lowest BCUT2D eigenvalue weighted by atomic mass is 10.0. The molecular weight excluding hydrogens is 439 g/mol. The van der Waals surface area contributed by atoms with E-state index in [1.807, 2.05) is 24.3 Å². The molecule has 2 aromatic rings. The monoisotopic (exact) mass is 456 g/mol. The maximum absolute atomic E-state index is 12.2. The van der Waals surface area contributed by atoms with Crippen molar-refractivity contribution in [3.63, 3.8) is 0 Å². The fourth-order valence-corrected chi connectivity index (χ4v) is 2.49. The fraction of sp³-hybridized carbons (Fsp3) is 0.176. The Labute approximate surface area is 159 Å². The lowest BCUT2D eigenvalue weighted by Gasteiger charge is -2.24. The van der Waals surface area contributed by atoms with Crippen LogP contribution in [0.15, 0.2) is 42.5 Å². The molecule has 2 amide bonds. The third-order valence-corrected chi connectivity index (χ3v) is 4.06. The quantitative estimate of drug-likeness (QED) is 0.562. The molecular formula is C17H17IN2O5. The molecule has 25 heavy (non-hydrogen) atoms. The highest BCUT2D eigenvalue weighted by Crippen LogP contribution is 2.34. The number of carbonyl (C=O) groups excluding carboxylic acids is 2. The number of nitrogens with zero attached hydrogens (tertiary/aromatic N) is 1. The van der Waals surface area contributed by atoms with Crippen molar-refractivity contribution in [2.75, 3.05) is 26.3 Å². The highest BCUT2D eigenvalue weighted by molar-refractivity contribution is 14.1. The molecule has 0 atom stereocenters. The molecule has 0 fully saturated rings. The molecule has 1 N–H and O–H groups in total. The molecule has 7 nitrogen and oxygen atoms in total. The van der Waals surface area contributed by atoms with Crippen LogP contribution in [0.3, 0.4) is 0 Å². The summed E-state index contributed by atoms with van der Waals surface area (Å²) in [6.07, 6.45) is -1.56. The van der Waals surface area contributed by atoms with Crippen LogP contribution in [0.25, 0.3) is 11.1 Å². The van der Waals surface area contributed by atoms with Crippen LogP contribution < -0.4 is 15.2 Å². The van der Waals surface area contributed by atoms with Gasteiger partial charge in [0.2, 0.25) is 0 Å². The van der Waals surface area contributed by atoms with E-state index in [1.165, 1.54) is 14.2 Å². The third kappa shape index (κ3) is 4.53. The summed E-state index contributed by atoms with van der Waals surface area (Å²) >= 11 is 2.21. The Hall–Kier alpha value is -2.49. The van der Waals surface area contributed by atoms with Gasteiger partial charge in [0.25, 0.3) is 0 Å². The van der Waals surface area contributed by atoms with Gasteiger partial charge in [-0.15, -0.1) is 0 Å². The van der Waals surface area contributed by atoms with Gasteiger partial charge in [-0.05, 0) is 58.5 Å². The number of hydrogen-bond acceptors (Lipinski definition) is 5. The number of ether oxygens (including phenoxy) is 3. The van der Waals surface area contributed by atoms with Gasteiger partial charge in [0.15, 0.2) is 0 Å². The first kappa shape index (κ1) is 18.8. The highest BCUT2D eigenvalue weighted by atomic mass is 127. The van der Waals surface area contributed by atoms with Gasteiger partial charge < -0.3 is 14.2 Å². The number of methoxy groups -OCH3 is 3. The first-order valence-electron chi connectivity index (χ1n) is 7.16. The van der Waals surface area contributed by atoms with Crippen molar-refractivity contribution in [1.29, 1.82) is 0 Å². The maximum Gasteiger partial charge on any atom is 0.433 e. The van der Waals surface area contributed by atoms with Crippen molar-refractivity contribution in [1.82, 2.24) is 5.43 Å². The first-order chi connectivity index (χ1) is 12.0. The molecule has 0 aliphatic rings. The van der Waals surface area contributed by atoms with E-state index in [0.717, 1.165) is 14.1 Å². The minimum atomic E-state index is -0.797. The normalized spacial score (nSPS) is 9.92. The molecule has 0 bridgehead atoms. The van der Waals surface area contributed by atoms with Crippen LogP contribution in [0.1, 0.15) is 0 Å². The summed E-state index contributed by atoms with van der Waals surface area (Å²) in [4.78, 5) is 23.8. The molecule has 0 radical (unpaired) electrons. The van der Waals surface area contributed by atoms with E-state index in [-0.39, 0.29) is 0 Å². The summed E-state index contributed by atoms with van der Waals surface area (Å²) in [6.45, 7) is 0. The van der Waals surface area contributed by atoms with Crippen LogP contribution >= 0.6 is 22.6 Å². The topological polar surface area (TPSA) is 77.1 Å². The molecule has 0 aliphatic heterocycles. The zero-order valence-electron chi connectivity index (χ0n) is 13.9. The number of halogens is 1. The van der Waals surface area contributed by atoms with Crippen LogP contribution in [0.2, 0.25) is 0 Å². The molecule has 0 spiro atoms. The van der Waals surface area contributed by atoms with Gasteiger partial charge in [-0.3, -0.25) is 0 Å². The summed E-state index contributed by atoms with van der Waals surface area (Å²) in [5.41, 5.74) is 4.28. The molecule has 0 saturated carbocycles. The van der Waals surface area contributed by atoms with Crippen LogP contribution in [0, 0.1) is 3.57 Å². The third-order valence-electron chi connectivity index (χ3n) is 3.35. The van der Waals surface area contributed by atoms with E-state index in [2.05, 4.69) is 32.8 Å². The lowest BCUT2D eigenvalue weighted by molar-refractivity contribution is 0.157. The lowest BCUT2D eigenvalue weighted by Crippen LogP contribution is -2.46. The Bertz CT molecular complexity index is 764. The van der Waals surface area contributed by atoms with Crippen molar-refractivity contribution in [3.05, 3.63) is 46.0 Å². The van der Waals surface area contributed by atoms with Gasteiger partial charge in [0.1, 0.15) is 5.75 Å². The smallest absolute Gasteiger partial charge is 0.433 e. The van der Waals surface area contributed by atoms with E-state index in [4.69, 9.17) is 9.47 Å². The van der Waals surface area contributed by atoms with Crippen molar-refractivity contribution in [2.24, 2.45) is 0 Å². The second kappa shape index (κ2) is 8.56. The predicted octanol–water partition coefficient (Wildman–Crippen LogP) is 3.81. The van der Waals surface area contributed by atoms with E-state index < -0.39 is 12.2 Å². The summed E-state index contributed by atoms with van der Waals surface area (Å²) < 4.78 is 15.7. The van der Waals surface area contributed by atoms with Crippen LogP contribution in [0.4, 0.5) is 15.3 Å². The Morgan fingerprint density at radius 1 is 1.00 bits per heavy atom. The van der Waals surface area contributed by atoms with Gasteiger partial charge in [0.05, 0.1) is 27.0 Å². The van der Waals surface area contributed by atoms with E-state index in [9.17, 15) is 9.59 Å². The van der Waals surface area contributed by atoms with Crippen molar-refractivity contribution in [3.8, 4) is 16.9 Å². The van der Waals surface area contributed by atoms with Gasteiger partial charge >= 0.3 is 12.2 Å². The minimum Gasteiger partial charge on any atom is -0.497 e. The molecule has 0 aliphatic carbocycles. The number of nitrogens with one attached hydrogen (secondary N) is 1. The minimum absolute atomic E-state index is 0.416. The van der Waals surface area contributed by atoms with Crippen molar-refractivity contribution >= 4 is 40.5 Å². The second-order valence-electron chi connectivity index (χ2n) is 4.80. The maximum atomic E-state index is 12.2. The van der Waals surface area contributed by atoms with E-state index in [0.29, 0.717) is 17.0 Å². The Morgan fingerprint density at radius 3 is 2.24 bits per heavy atom. The molecule has 0 aromatic heterocycles. The summed E-state index contributed by atoms with van der Waals surface area (Å²) in [5, 5.41) is 0.985. The highest BCUT2D eigenvalue weighted by Gasteiger charge is 2.23. The number of anilines is 1. The molecule has 0 heterocycles. The summed E-state index contributed by atoms with van der Waals surface area (Å²) in [7, 11) is 3.98. The second-order valence-corrected chi connectivity index (χ2v) is 6.04. The number of benzene rings is 2. The Morgan fingerprint density at radius 2 is 1.68 bits per heavy atom. The number of hydrogen-bond donors (Lipinski definition) is 1. The average molecular weight is 456 g/mol. The fourth-order valence-electron chi connectivity index (χ4n) is 2.13.